The van der Waals surface area contributed by atoms with Crippen molar-refractivity contribution in [3.05, 3.63) is 23.5 Å². The van der Waals surface area contributed by atoms with Gasteiger partial charge in [-0.2, -0.15) is 0 Å². The van der Waals surface area contributed by atoms with Crippen molar-refractivity contribution in [2.75, 3.05) is 30.8 Å². The van der Waals surface area contributed by atoms with E-state index in [4.69, 9.17) is 16.2 Å². The van der Waals surface area contributed by atoms with Crippen LogP contribution in [0.2, 0.25) is 0 Å². The molecule has 0 fully saturated rings. The van der Waals surface area contributed by atoms with Crippen molar-refractivity contribution in [1.82, 2.24) is 0 Å². The number of likely N-dealkylation sites (N-methyl/N-ethyl adjacent to an activating group) is 1. The molecule has 0 unspecified atom stereocenters. The second kappa shape index (κ2) is 6.03. The molecule has 0 aliphatic carbocycles. The number of rotatable bonds is 5. The lowest BCUT2D eigenvalue weighted by molar-refractivity contribution is -0.116. The molecule has 0 heterocycles. The second-order valence-corrected chi connectivity index (χ2v) is 3.93. The molecular formula is C12H16FN3O3. The molecule has 0 atom stereocenters. The van der Waals surface area contributed by atoms with Crippen LogP contribution >= 0.6 is 0 Å². The van der Waals surface area contributed by atoms with E-state index < -0.39 is 17.7 Å². The average Bonchev–Trinajstić information content (AvgIpc) is 2.27. The minimum Gasteiger partial charge on any atom is -0.462 e. The molecule has 4 N–H and O–H groups in total. The molecule has 6 nitrogen and oxygen atoms in total. The minimum absolute atomic E-state index is 0.0211. The zero-order chi connectivity index (χ0) is 14.6. The van der Waals surface area contributed by atoms with Gasteiger partial charge in [-0.3, -0.25) is 4.79 Å². The Bertz CT molecular complexity index is 505. The van der Waals surface area contributed by atoms with Crippen LogP contribution in [0.1, 0.15) is 17.3 Å². The van der Waals surface area contributed by atoms with E-state index in [-0.39, 0.29) is 30.1 Å². The molecule has 7 heteroatoms. The number of nitrogens with zero attached hydrogens (tertiary/aromatic N) is 1. The molecule has 0 aromatic heterocycles. The van der Waals surface area contributed by atoms with Crippen LogP contribution < -0.4 is 16.4 Å². The Balaban J connectivity index is 3.15. The maximum absolute atomic E-state index is 13.8. The Morgan fingerprint density at radius 1 is 1.42 bits per heavy atom. The van der Waals surface area contributed by atoms with Gasteiger partial charge in [-0.1, -0.05) is 0 Å². The van der Waals surface area contributed by atoms with Gasteiger partial charge in [0.25, 0.3) is 0 Å². The van der Waals surface area contributed by atoms with Gasteiger partial charge >= 0.3 is 5.97 Å². The van der Waals surface area contributed by atoms with Crippen molar-refractivity contribution < 1.29 is 18.7 Å². The third kappa shape index (κ3) is 3.57. The third-order valence-electron chi connectivity index (χ3n) is 2.42. The summed E-state index contributed by atoms with van der Waals surface area (Å²) in [4.78, 5) is 23.8. The van der Waals surface area contributed by atoms with E-state index in [1.54, 1.807) is 6.92 Å². The Morgan fingerprint density at radius 3 is 2.58 bits per heavy atom. The topological polar surface area (TPSA) is 98.6 Å². The molecule has 1 amide bonds. The first-order valence-electron chi connectivity index (χ1n) is 5.62. The van der Waals surface area contributed by atoms with E-state index in [0.29, 0.717) is 0 Å². The SMILES string of the molecule is CCOC(=O)c1cc(N(C)CC(N)=O)c(F)cc1N. The van der Waals surface area contributed by atoms with Gasteiger partial charge in [0, 0.05) is 12.7 Å². The Morgan fingerprint density at radius 2 is 2.05 bits per heavy atom. The van der Waals surface area contributed by atoms with E-state index in [1.165, 1.54) is 18.0 Å². The zero-order valence-corrected chi connectivity index (χ0v) is 10.8. The lowest BCUT2D eigenvalue weighted by Gasteiger charge is -2.19. The number of nitrogen functional groups attached to an aromatic ring is 1. The number of esters is 1. The fourth-order valence-corrected chi connectivity index (χ4v) is 1.57. The summed E-state index contributed by atoms with van der Waals surface area (Å²) in [6.07, 6.45) is 0. The summed E-state index contributed by atoms with van der Waals surface area (Å²) in [5.41, 5.74) is 10.7. The van der Waals surface area contributed by atoms with Crippen LogP contribution in [0.25, 0.3) is 0 Å². The number of amides is 1. The van der Waals surface area contributed by atoms with Crippen LogP contribution in [0.15, 0.2) is 12.1 Å². The monoisotopic (exact) mass is 269 g/mol. The van der Waals surface area contributed by atoms with Crippen molar-refractivity contribution >= 4 is 23.3 Å². The van der Waals surface area contributed by atoms with E-state index in [9.17, 15) is 14.0 Å². The van der Waals surface area contributed by atoms with E-state index in [1.807, 2.05) is 0 Å². The molecule has 0 radical (unpaired) electrons. The molecule has 0 aliphatic heterocycles. The fourth-order valence-electron chi connectivity index (χ4n) is 1.57. The highest BCUT2D eigenvalue weighted by molar-refractivity contribution is 5.96. The zero-order valence-electron chi connectivity index (χ0n) is 10.8. The highest BCUT2D eigenvalue weighted by Gasteiger charge is 2.18. The number of hydrogen-bond donors (Lipinski definition) is 2. The second-order valence-electron chi connectivity index (χ2n) is 3.93. The number of benzene rings is 1. The van der Waals surface area contributed by atoms with Crippen molar-refractivity contribution in [3.8, 4) is 0 Å². The van der Waals surface area contributed by atoms with Crippen molar-refractivity contribution in [2.45, 2.75) is 6.92 Å². The van der Waals surface area contributed by atoms with Gasteiger partial charge in [0.15, 0.2) is 0 Å². The summed E-state index contributed by atoms with van der Waals surface area (Å²) in [6.45, 7) is 1.66. The van der Waals surface area contributed by atoms with Gasteiger partial charge in [-0.25, -0.2) is 9.18 Å². The largest absolute Gasteiger partial charge is 0.462 e. The number of primary amides is 1. The van der Waals surface area contributed by atoms with Crippen LogP contribution in [0.3, 0.4) is 0 Å². The molecule has 0 saturated heterocycles. The number of carbonyl (C=O) groups is 2. The molecular weight excluding hydrogens is 253 g/mol. The third-order valence-corrected chi connectivity index (χ3v) is 2.42. The predicted molar refractivity (Wildman–Crippen MR) is 69.2 cm³/mol. The summed E-state index contributed by atoms with van der Waals surface area (Å²) < 4.78 is 18.6. The summed E-state index contributed by atoms with van der Waals surface area (Å²) in [7, 11) is 1.48. The maximum Gasteiger partial charge on any atom is 0.340 e. The normalized spacial score (nSPS) is 10.1. The quantitative estimate of drug-likeness (QED) is 0.599. The van der Waals surface area contributed by atoms with Crippen LogP contribution in [-0.4, -0.2) is 32.1 Å². The van der Waals surface area contributed by atoms with Gasteiger partial charge in [0.05, 0.1) is 24.4 Å². The number of anilines is 2. The van der Waals surface area contributed by atoms with Crippen LogP contribution in [-0.2, 0) is 9.53 Å². The van der Waals surface area contributed by atoms with Gasteiger partial charge in [-0.05, 0) is 19.1 Å². The lowest BCUT2D eigenvalue weighted by Crippen LogP contribution is -2.31. The molecule has 1 aromatic carbocycles. The van der Waals surface area contributed by atoms with Gasteiger partial charge in [0.2, 0.25) is 5.91 Å². The Labute approximate surface area is 110 Å². The molecule has 1 aromatic rings. The number of carbonyl (C=O) groups excluding carboxylic acids is 2. The number of ether oxygens (including phenoxy) is 1. The summed E-state index contributed by atoms with van der Waals surface area (Å²) in [5.74, 6) is -1.90. The molecule has 0 saturated carbocycles. The first kappa shape index (κ1) is 14.7. The highest BCUT2D eigenvalue weighted by atomic mass is 19.1. The minimum atomic E-state index is -0.645. The smallest absolute Gasteiger partial charge is 0.340 e. The van der Waals surface area contributed by atoms with Gasteiger partial charge in [-0.15, -0.1) is 0 Å². The van der Waals surface area contributed by atoms with Crippen molar-refractivity contribution in [3.63, 3.8) is 0 Å². The first-order chi connectivity index (χ1) is 8.86. The summed E-state index contributed by atoms with van der Waals surface area (Å²) in [5, 5.41) is 0. The molecule has 0 bridgehead atoms. The van der Waals surface area contributed by atoms with E-state index >= 15 is 0 Å². The fraction of sp³-hybridized carbons (Fsp3) is 0.333. The lowest BCUT2D eigenvalue weighted by atomic mass is 10.1. The first-order valence-corrected chi connectivity index (χ1v) is 5.62. The summed E-state index contributed by atoms with van der Waals surface area (Å²) >= 11 is 0. The van der Waals surface area contributed by atoms with E-state index in [0.717, 1.165) is 6.07 Å². The van der Waals surface area contributed by atoms with Crippen molar-refractivity contribution in [2.24, 2.45) is 5.73 Å². The molecule has 0 aliphatic rings. The Kier molecular flexibility index (Phi) is 4.68. The molecule has 1 rings (SSSR count). The number of nitrogens with two attached hydrogens (primary N) is 2. The highest BCUT2D eigenvalue weighted by Crippen LogP contribution is 2.25. The average molecular weight is 269 g/mol. The Hall–Kier alpha value is -2.31. The number of hydrogen-bond acceptors (Lipinski definition) is 5. The maximum atomic E-state index is 13.8. The van der Waals surface area contributed by atoms with E-state index in [2.05, 4.69) is 0 Å². The standard InChI is InChI=1S/C12H16FN3O3/c1-3-19-12(18)7-4-10(8(13)5-9(7)14)16(2)6-11(15)17/h4-5H,3,6,14H2,1-2H3,(H2,15,17). The molecule has 104 valence electrons. The van der Waals surface area contributed by atoms with Gasteiger partial charge in [0.1, 0.15) is 5.82 Å². The predicted octanol–water partition coefficient (Wildman–Crippen LogP) is 0.506. The van der Waals surface area contributed by atoms with Crippen LogP contribution in [0.4, 0.5) is 15.8 Å². The number of halogens is 1. The van der Waals surface area contributed by atoms with Gasteiger partial charge < -0.3 is 21.1 Å². The molecule has 0 spiro atoms. The summed E-state index contributed by atoms with van der Waals surface area (Å²) in [6, 6.07) is 2.25. The molecule has 19 heavy (non-hydrogen) atoms. The van der Waals surface area contributed by atoms with Crippen LogP contribution in [0.5, 0.6) is 0 Å². The van der Waals surface area contributed by atoms with Crippen molar-refractivity contribution in [1.29, 1.82) is 0 Å². The van der Waals surface area contributed by atoms with Crippen LogP contribution in [0, 0.1) is 5.82 Å².